The summed E-state index contributed by atoms with van der Waals surface area (Å²) in [6.45, 7) is 3.20. The van der Waals surface area contributed by atoms with E-state index in [1.165, 1.54) is 4.68 Å². The molecule has 3 aromatic heterocycles. The van der Waals surface area contributed by atoms with Crippen molar-refractivity contribution in [3.63, 3.8) is 0 Å². The molecule has 148 valence electrons. The number of rotatable bonds is 2. The third kappa shape index (κ3) is 3.11. The number of fused-ring (bicyclic) bond motifs is 2. The molecule has 0 spiro atoms. The second kappa shape index (κ2) is 6.77. The number of aromatic hydroxyl groups is 1. The zero-order valence-electron chi connectivity index (χ0n) is 16.4. The maximum absolute atomic E-state index is 14.6. The van der Waals surface area contributed by atoms with Crippen LogP contribution in [0, 0.1) is 5.82 Å². The molecular formula is C22H22FN5O. The fourth-order valence-electron chi connectivity index (χ4n) is 4.24. The van der Waals surface area contributed by atoms with Crippen LogP contribution in [0.5, 0.6) is 5.75 Å². The smallest absolute Gasteiger partial charge is 0.193 e. The SMILES string of the molecule is CC1CC(c2ccc3nc(-c4cc5cn(C)nc5c(F)c4O)ccc3n2)CCN1. The predicted octanol–water partition coefficient (Wildman–Crippen LogP) is 3.88. The minimum Gasteiger partial charge on any atom is -0.504 e. The first-order valence-corrected chi connectivity index (χ1v) is 9.86. The van der Waals surface area contributed by atoms with Crippen molar-refractivity contribution in [2.45, 2.75) is 31.7 Å². The Balaban J connectivity index is 1.56. The Bertz CT molecular complexity index is 1240. The fourth-order valence-corrected chi connectivity index (χ4v) is 4.24. The molecule has 1 saturated heterocycles. The van der Waals surface area contributed by atoms with Crippen LogP contribution in [0.25, 0.3) is 33.2 Å². The molecule has 1 aliphatic heterocycles. The van der Waals surface area contributed by atoms with Crippen molar-refractivity contribution in [1.82, 2.24) is 25.1 Å². The van der Waals surface area contributed by atoms with Crippen LogP contribution >= 0.6 is 0 Å². The van der Waals surface area contributed by atoms with Crippen molar-refractivity contribution in [2.24, 2.45) is 7.05 Å². The van der Waals surface area contributed by atoms with Gasteiger partial charge >= 0.3 is 0 Å². The van der Waals surface area contributed by atoms with Gasteiger partial charge in [0, 0.05) is 41.8 Å². The molecule has 1 aliphatic rings. The summed E-state index contributed by atoms with van der Waals surface area (Å²) in [6.07, 6.45) is 3.87. The van der Waals surface area contributed by atoms with Crippen molar-refractivity contribution in [3.05, 3.63) is 48.0 Å². The van der Waals surface area contributed by atoms with E-state index >= 15 is 0 Å². The summed E-state index contributed by atoms with van der Waals surface area (Å²) in [4.78, 5) is 9.45. The number of pyridine rings is 2. The summed E-state index contributed by atoms with van der Waals surface area (Å²) in [7, 11) is 1.72. The molecule has 2 unspecified atom stereocenters. The Morgan fingerprint density at radius 3 is 2.79 bits per heavy atom. The van der Waals surface area contributed by atoms with Crippen LogP contribution in [0.1, 0.15) is 31.4 Å². The van der Waals surface area contributed by atoms with E-state index in [2.05, 4.69) is 22.3 Å². The monoisotopic (exact) mass is 391 g/mol. The molecule has 5 rings (SSSR count). The van der Waals surface area contributed by atoms with Crippen LogP contribution in [0.4, 0.5) is 4.39 Å². The number of aromatic nitrogens is 4. The number of nitrogens with one attached hydrogen (secondary N) is 1. The normalized spacial score (nSPS) is 19.8. The lowest BCUT2D eigenvalue weighted by atomic mass is 9.90. The number of phenolic OH excluding ortho intramolecular Hbond substituents is 1. The first kappa shape index (κ1) is 18.0. The second-order valence-electron chi connectivity index (χ2n) is 7.87. The van der Waals surface area contributed by atoms with E-state index in [0.29, 0.717) is 28.6 Å². The highest BCUT2D eigenvalue weighted by molar-refractivity contribution is 5.89. The highest BCUT2D eigenvalue weighted by atomic mass is 19.1. The second-order valence-corrected chi connectivity index (χ2v) is 7.87. The molecule has 1 aromatic carbocycles. The lowest BCUT2D eigenvalue weighted by molar-refractivity contribution is 0.377. The van der Waals surface area contributed by atoms with E-state index in [9.17, 15) is 9.50 Å². The maximum atomic E-state index is 14.6. The van der Waals surface area contributed by atoms with Crippen molar-refractivity contribution in [1.29, 1.82) is 0 Å². The van der Waals surface area contributed by atoms with E-state index in [-0.39, 0.29) is 5.52 Å². The number of halogens is 1. The van der Waals surface area contributed by atoms with Gasteiger partial charge in [0.25, 0.3) is 0 Å². The Hall–Kier alpha value is -3.06. The van der Waals surface area contributed by atoms with Gasteiger partial charge in [-0.3, -0.25) is 9.67 Å². The third-order valence-corrected chi connectivity index (χ3v) is 5.71. The van der Waals surface area contributed by atoms with E-state index in [0.717, 1.165) is 36.1 Å². The van der Waals surface area contributed by atoms with Gasteiger partial charge in [0.05, 0.1) is 16.7 Å². The van der Waals surface area contributed by atoms with Gasteiger partial charge in [-0.25, -0.2) is 9.37 Å². The molecule has 4 heterocycles. The quantitative estimate of drug-likeness (QED) is 0.542. The third-order valence-electron chi connectivity index (χ3n) is 5.71. The summed E-state index contributed by atoms with van der Waals surface area (Å²) in [5, 5.41) is 18.5. The van der Waals surface area contributed by atoms with Crippen LogP contribution in [-0.2, 0) is 7.05 Å². The highest BCUT2D eigenvalue weighted by Crippen LogP contribution is 2.36. The van der Waals surface area contributed by atoms with E-state index < -0.39 is 11.6 Å². The molecule has 0 radical (unpaired) electrons. The van der Waals surface area contributed by atoms with Crippen molar-refractivity contribution in [3.8, 4) is 17.0 Å². The molecule has 0 amide bonds. The molecule has 7 heteroatoms. The molecular weight excluding hydrogens is 369 g/mol. The standard InChI is InChI=1S/C22H22FN5O/c1-12-9-13(7-8-24-12)16-3-5-19-18(25-16)6-4-17(26-19)15-10-14-11-28(2)27-21(14)20(23)22(15)29/h3-6,10-13,24,29H,7-9H2,1-2H3. The summed E-state index contributed by atoms with van der Waals surface area (Å²) >= 11 is 0. The Kier molecular flexibility index (Phi) is 4.20. The van der Waals surface area contributed by atoms with Crippen molar-refractivity contribution in [2.75, 3.05) is 6.54 Å². The first-order chi connectivity index (χ1) is 14.0. The van der Waals surface area contributed by atoms with Crippen LogP contribution in [0.3, 0.4) is 0 Å². The van der Waals surface area contributed by atoms with Gasteiger partial charge in [-0.15, -0.1) is 0 Å². The Labute approximate surface area is 167 Å². The van der Waals surface area contributed by atoms with Crippen LogP contribution in [0.2, 0.25) is 0 Å². The lowest BCUT2D eigenvalue weighted by Gasteiger charge is -2.27. The zero-order valence-corrected chi connectivity index (χ0v) is 16.4. The number of hydrogen-bond donors (Lipinski definition) is 2. The topological polar surface area (TPSA) is 75.9 Å². The minimum absolute atomic E-state index is 0.150. The van der Waals surface area contributed by atoms with Gasteiger partial charge in [0.1, 0.15) is 5.52 Å². The molecule has 1 fully saturated rings. The average Bonchev–Trinajstić information content (AvgIpc) is 3.10. The van der Waals surface area contributed by atoms with Crippen molar-refractivity contribution < 1.29 is 9.50 Å². The van der Waals surface area contributed by atoms with Gasteiger partial charge in [-0.1, -0.05) is 0 Å². The number of piperidine rings is 1. The van der Waals surface area contributed by atoms with E-state index in [1.54, 1.807) is 25.4 Å². The van der Waals surface area contributed by atoms with Gasteiger partial charge in [-0.05, 0) is 56.6 Å². The maximum Gasteiger partial charge on any atom is 0.193 e. The van der Waals surface area contributed by atoms with Crippen LogP contribution in [-0.4, -0.2) is 37.4 Å². The highest BCUT2D eigenvalue weighted by Gasteiger charge is 2.22. The fraction of sp³-hybridized carbons (Fsp3) is 0.318. The zero-order chi connectivity index (χ0) is 20.1. The van der Waals surface area contributed by atoms with Crippen molar-refractivity contribution >= 4 is 21.9 Å². The van der Waals surface area contributed by atoms with Gasteiger partial charge < -0.3 is 10.4 Å². The molecule has 2 N–H and O–H groups in total. The Morgan fingerprint density at radius 1 is 1.17 bits per heavy atom. The molecule has 2 atom stereocenters. The lowest BCUT2D eigenvalue weighted by Crippen LogP contribution is -2.35. The average molecular weight is 391 g/mol. The summed E-state index contributed by atoms with van der Waals surface area (Å²) in [5.41, 5.74) is 3.62. The number of hydrogen-bond acceptors (Lipinski definition) is 5. The summed E-state index contributed by atoms with van der Waals surface area (Å²) in [5.74, 6) is -0.716. The predicted molar refractivity (Wildman–Crippen MR) is 110 cm³/mol. The summed E-state index contributed by atoms with van der Waals surface area (Å²) in [6, 6.07) is 9.87. The molecule has 4 aromatic rings. The summed E-state index contributed by atoms with van der Waals surface area (Å²) < 4.78 is 16.1. The molecule has 0 aliphatic carbocycles. The molecule has 6 nitrogen and oxygen atoms in total. The van der Waals surface area contributed by atoms with Crippen LogP contribution in [0.15, 0.2) is 36.5 Å². The largest absolute Gasteiger partial charge is 0.504 e. The number of phenols is 1. The molecule has 29 heavy (non-hydrogen) atoms. The minimum atomic E-state index is -0.728. The number of benzene rings is 1. The van der Waals surface area contributed by atoms with Gasteiger partial charge in [0.2, 0.25) is 0 Å². The molecule has 0 saturated carbocycles. The first-order valence-electron chi connectivity index (χ1n) is 9.86. The van der Waals surface area contributed by atoms with E-state index in [4.69, 9.17) is 4.98 Å². The van der Waals surface area contributed by atoms with Gasteiger partial charge in [0.15, 0.2) is 11.6 Å². The van der Waals surface area contributed by atoms with Crippen LogP contribution < -0.4 is 5.32 Å². The molecule has 0 bridgehead atoms. The number of nitrogens with zero attached hydrogens (tertiary/aromatic N) is 4. The number of aryl methyl sites for hydroxylation is 1. The van der Waals surface area contributed by atoms with E-state index in [1.807, 2.05) is 18.2 Å². The van der Waals surface area contributed by atoms with Gasteiger partial charge in [-0.2, -0.15) is 5.10 Å². The Morgan fingerprint density at radius 2 is 1.97 bits per heavy atom.